The molecule has 3 N–H and O–H groups in total. The average molecular weight is 330 g/mol. The number of nitrogens with one attached hydrogen (secondary N) is 2. The molecule has 124 valence electrons. The van der Waals surface area contributed by atoms with E-state index in [0.29, 0.717) is 25.3 Å². The van der Waals surface area contributed by atoms with Crippen LogP contribution in [0.5, 0.6) is 0 Å². The number of benzene rings is 1. The van der Waals surface area contributed by atoms with Crippen molar-refractivity contribution in [2.45, 2.75) is 31.2 Å². The van der Waals surface area contributed by atoms with Gasteiger partial charge in [0.1, 0.15) is 0 Å². The summed E-state index contributed by atoms with van der Waals surface area (Å²) >= 11 is 0. The summed E-state index contributed by atoms with van der Waals surface area (Å²) in [5, 5.41) is 12.2. The number of sulfonamides is 1. The number of anilines is 1. The largest absolute Gasteiger partial charge is 0.478 e. The van der Waals surface area contributed by atoms with E-state index < -0.39 is 16.0 Å². The molecule has 0 aliphatic rings. The van der Waals surface area contributed by atoms with Gasteiger partial charge in [0.15, 0.2) is 0 Å². The van der Waals surface area contributed by atoms with Gasteiger partial charge in [0.05, 0.1) is 10.5 Å². The highest BCUT2D eigenvalue weighted by Gasteiger charge is 2.19. The van der Waals surface area contributed by atoms with Crippen molar-refractivity contribution in [1.29, 1.82) is 0 Å². The monoisotopic (exact) mass is 330 g/mol. The second-order valence-corrected chi connectivity index (χ2v) is 6.78. The highest BCUT2D eigenvalue weighted by Crippen LogP contribution is 2.21. The molecule has 8 heteroatoms. The summed E-state index contributed by atoms with van der Waals surface area (Å²) in [5.74, 6) is -1.18. The molecule has 22 heavy (non-hydrogen) atoms. The molecule has 0 atom stereocenters. The van der Waals surface area contributed by atoms with Gasteiger partial charge in [-0.3, -0.25) is 0 Å². The first kappa shape index (κ1) is 18.4. The lowest BCUT2D eigenvalue weighted by Crippen LogP contribution is -2.30. The Morgan fingerprint density at radius 1 is 1.36 bits per heavy atom. The summed E-state index contributed by atoms with van der Waals surface area (Å²) in [4.78, 5) is 11.3. The van der Waals surface area contributed by atoms with E-state index in [0.717, 1.165) is 6.07 Å². The second-order valence-electron chi connectivity index (χ2n) is 5.06. The van der Waals surface area contributed by atoms with Gasteiger partial charge in [-0.25, -0.2) is 17.9 Å². The van der Waals surface area contributed by atoms with Crippen LogP contribution in [0.2, 0.25) is 0 Å². The maximum atomic E-state index is 12.1. The zero-order valence-electron chi connectivity index (χ0n) is 12.9. The molecule has 0 fully saturated rings. The van der Waals surface area contributed by atoms with Crippen LogP contribution in [-0.2, 0) is 14.8 Å². The predicted octanol–water partition coefficient (Wildman–Crippen LogP) is 1.52. The Kier molecular flexibility index (Phi) is 6.79. The summed E-state index contributed by atoms with van der Waals surface area (Å²) in [6.45, 7) is 4.48. The van der Waals surface area contributed by atoms with Crippen molar-refractivity contribution in [3.05, 3.63) is 23.8 Å². The lowest BCUT2D eigenvalue weighted by molar-refractivity contribution is 0.0697. The molecule has 0 radical (unpaired) electrons. The first-order chi connectivity index (χ1) is 10.3. The van der Waals surface area contributed by atoms with Crippen LogP contribution in [-0.4, -0.2) is 45.8 Å². The average Bonchev–Trinajstić information content (AvgIpc) is 2.42. The number of hydrogen-bond donors (Lipinski definition) is 3. The number of hydrogen-bond acceptors (Lipinski definition) is 5. The van der Waals surface area contributed by atoms with E-state index in [4.69, 9.17) is 4.74 Å². The fourth-order valence-electron chi connectivity index (χ4n) is 1.84. The van der Waals surface area contributed by atoms with Gasteiger partial charge in [-0.1, -0.05) is 0 Å². The van der Waals surface area contributed by atoms with E-state index in [1.54, 1.807) is 21.0 Å². The van der Waals surface area contributed by atoms with E-state index in [1.165, 1.54) is 12.1 Å². The van der Waals surface area contributed by atoms with Gasteiger partial charge in [-0.2, -0.15) is 0 Å². The quantitative estimate of drug-likeness (QED) is 0.593. The minimum atomic E-state index is -3.72. The number of aromatic carboxylic acids is 1. The minimum absolute atomic E-state index is 0.0685. The Hall–Kier alpha value is -1.64. The van der Waals surface area contributed by atoms with Crippen LogP contribution in [0.4, 0.5) is 5.69 Å². The smallest absolute Gasteiger partial charge is 0.337 e. The third kappa shape index (κ3) is 5.28. The molecule has 1 rings (SSSR count). The predicted molar refractivity (Wildman–Crippen MR) is 83.8 cm³/mol. The maximum absolute atomic E-state index is 12.1. The number of ether oxygens (including phenoxy) is 1. The summed E-state index contributed by atoms with van der Waals surface area (Å²) in [7, 11) is -2.14. The van der Waals surface area contributed by atoms with Gasteiger partial charge in [0.25, 0.3) is 0 Å². The Balaban J connectivity index is 3.02. The summed E-state index contributed by atoms with van der Waals surface area (Å²) in [5.41, 5.74) is 0.302. The van der Waals surface area contributed by atoms with E-state index in [-0.39, 0.29) is 16.5 Å². The molecule has 0 saturated heterocycles. The van der Waals surface area contributed by atoms with Crippen LogP contribution < -0.4 is 10.0 Å². The number of rotatable bonds is 9. The van der Waals surface area contributed by atoms with Crippen molar-refractivity contribution in [3.8, 4) is 0 Å². The topological polar surface area (TPSA) is 105 Å². The molecule has 0 amide bonds. The molecule has 1 aromatic rings. The standard InChI is InChI=1S/C14H22N2O5S/c1-10(2)16-22(19,20)11-5-6-13(12(9-11)14(17)18)15-7-4-8-21-3/h5-6,9-10,15-16H,4,7-8H2,1-3H3,(H,17,18). The molecule has 0 aromatic heterocycles. The Bertz CT molecular complexity index is 614. The number of methoxy groups -OCH3 is 1. The van der Waals surface area contributed by atoms with Crippen LogP contribution in [0.3, 0.4) is 0 Å². The molecule has 0 aliphatic carbocycles. The van der Waals surface area contributed by atoms with E-state index in [1.807, 2.05) is 0 Å². The van der Waals surface area contributed by atoms with Crippen molar-refractivity contribution in [3.63, 3.8) is 0 Å². The Labute approximate surface area is 130 Å². The molecule has 0 saturated carbocycles. The van der Waals surface area contributed by atoms with Gasteiger partial charge in [-0.05, 0) is 38.5 Å². The maximum Gasteiger partial charge on any atom is 0.337 e. The third-order valence-electron chi connectivity index (χ3n) is 2.76. The molecule has 1 aromatic carbocycles. The van der Waals surface area contributed by atoms with Gasteiger partial charge < -0.3 is 15.2 Å². The Morgan fingerprint density at radius 3 is 2.59 bits per heavy atom. The first-order valence-electron chi connectivity index (χ1n) is 6.90. The molecule has 7 nitrogen and oxygen atoms in total. The van der Waals surface area contributed by atoms with Crippen molar-refractivity contribution in [2.75, 3.05) is 25.6 Å². The highest BCUT2D eigenvalue weighted by molar-refractivity contribution is 7.89. The van der Waals surface area contributed by atoms with Crippen LogP contribution in [0.1, 0.15) is 30.6 Å². The zero-order valence-corrected chi connectivity index (χ0v) is 13.7. The fraction of sp³-hybridized carbons (Fsp3) is 0.500. The second kappa shape index (κ2) is 8.11. The summed E-state index contributed by atoms with van der Waals surface area (Å²) in [6, 6.07) is 3.73. The molecule has 0 aliphatic heterocycles. The van der Waals surface area contributed by atoms with Crippen LogP contribution >= 0.6 is 0 Å². The first-order valence-corrected chi connectivity index (χ1v) is 8.38. The van der Waals surface area contributed by atoms with Crippen molar-refractivity contribution >= 4 is 21.7 Å². The van der Waals surface area contributed by atoms with Gasteiger partial charge in [-0.15, -0.1) is 0 Å². The van der Waals surface area contributed by atoms with Crippen molar-refractivity contribution in [1.82, 2.24) is 4.72 Å². The minimum Gasteiger partial charge on any atom is -0.478 e. The Morgan fingerprint density at radius 2 is 2.05 bits per heavy atom. The fourth-order valence-corrected chi connectivity index (χ4v) is 3.12. The molecular formula is C14H22N2O5S. The summed E-state index contributed by atoms with van der Waals surface area (Å²) < 4.78 is 31.5. The van der Waals surface area contributed by atoms with Crippen LogP contribution in [0.15, 0.2) is 23.1 Å². The molecule has 0 heterocycles. The van der Waals surface area contributed by atoms with E-state index in [9.17, 15) is 18.3 Å². The van der Waals surface area contributed by atoms with Crippen LogP contribution in [0.25, 0.3) is 0 Å². The molecule has 0 bridgehead atoms. The number of carbonyl (C=O) groups is 1. The SMILES string of the molecule is COCCCNc1ccc(S(=O)(=O)NC(C)C)cc1C(=O)O. The van der Waals surface area contributed by atoms with E-state index >= 15 is 0 Å². The zero-order chi connectivity index (χ0) is 16.8. The van der Waals surface area contributed by atoms with Crippen molar-refractivity contribution in [2.24, 2.45) is 0 Å². The molecular weight excluding hydrogens is 308 g/mol. The van der Waals surface area contributed by atoms with Gasteiger partial charge in [0.2, 0.25) is 10.0 Å². The lowest BCUT2D eigenvalue weighted by atomic mass is 10.2. The number of carboxylic acid groups (broad SMARTS) is 1. The van der Waals surface area contributed by atoms with Crippen LogP contribution in [0, 0.1) is 0 Å². The molecule has 0 spiro atoms. The normalized spacial score (nSPS) is 11.6. The lowest BCUT2D eigenvalue weighted by Gasteiger charge is -2.13. The highest BCUT2D eigenvalue weighted by atomic mass is 32.2. The van der Waals surface area contributed by atoms with E-state index in [2.05, 4.69) is 10.0 Å². The summed E-state index contributed by atoms with van der Waals surface area (Å²) in [6.07, 6.45) is 0.713. The van der Waals surface area contributed by atoms with Crippen molar-refractivity contribution < 1.29 is 23.1 Å². The number of carboxylic acids is 1. The van der Waals surface area contributed by atoms with Gasteiger partial charge >= 0.3 is 5.97 Å². The van der Waals surface area contributed by atoms with Gasteiger partial charge in [0, 0.05) is 32.0 Å². The molecule has 0 unspecified atom stereocenters. The third-order valence-corrected chi connectivity index (χ3v) is 4.42.